The largest absolute Gasteiger partial charge is 0.490 e. The van der Waals surface area contributed by atoms with Crippen molar-refractivity contribution in [3.05, 3.63) is 65.0 Å². The summed E-state index contributed by atoms with van der Waals surface area (Å²) in [5.41, 5.74) is -0.637. The molecule has 1 N–H and O–H groups in total. The summed E-state index contributed by atoms with van der Waals surface area (Å²) >= 11 is 0. The second-order valence-electron chi connectivity index (χ2n) is 10.5. The summed E-state index contributed by atoms with van der Waals surface area (Å²) in [4.78, 5) is 27.5. The second kappa shape index (κ2) is 12.2. The van der Waals surface area contributed by atoms with Gasteiger partial charge in [-0.15, -0.1) is 0 Å². The molecule has 0 spiro atoms. The van der Waals surface area contributed by atoms with Crippen molar-refractivity contribution < 1.29 is 49.0 Å². The smallest absolute Gasteiger partial charge is 0.454 e. The summed E-state index contributed by atoms with van der Waals surface area (Å²) in [7, 11) is 0. The summed E-state index contributed by atoms with van der Waals surface area (Å²) in [5.74, 6) is -2.37. The number of fused-ring (bicyclic) bond motifs is 1. The van der Waals surface area contributed by atoms with Crippen LogP contribution in [0.1, 0.15) is 35.2 Å². The lowest BCUT2D eigenvalue weighted by Crippen LogP contribution is -2.43. The first kappa shape index (κ1) is 32.1. The van der Waals surface area contributed by atoms with E-state index in [9.17, 15) is 44.3 Å². The van der Waals surface area contributed by atoms with Gasteiger partial charge in [0.25, 0.3) is 0 Å². The molecule has 2 aliphatic heterocycles. The molecule has 0 saturated carbocycles. The Labute approximate surface area is 250 Å². The summed E-state index contributed by atoms with van der Waals surface area (Å²) < 4.78 is 124. The average Bonchev–Trinajstić information content (AvgIpc) is 3.19. The predicted octanol–water partition coefficient (Wildman–Crippen LogP) is 6.33. The Bertz CT molecular complexity index is 1530. The predicted molar refractivity (Wildman–Crippen MR) is 143 cm³/mol. The fourth-order valence-corrected chi connectivity index (χ4v) is 5.23. The van der Waals surface area contributed by atoms with Crippen LogP contribution in [0.15, 0.2) is 42.6 Å². The van der Waals surface area contributed by atoms with Crippen LogP contribution in [0.3, 0.4) is 0 Å². The summed E-state index contributed by atoms with van der Waals surface area (Å²) in [6.07, 6.45) is -13.5. The molecule has 1 aromatic carbocycles. The van der Waals surface area contributed by atoms with Crippen molar-refractivity contribution in [1.29, 1.82) is 0 Å². The van der Waals surface area contributed by atoms with E-state index in [1.165, 1.54) is 34.2 Å². The van der Waals surface area contributed by atoms with Gasteiger partial charge in [0.05, 0.1) is 23.4 Å². The number of benzene rings is 1. The van der Waals surface area contributed by atoms with Crippen molar-refractivity contribution >= 4 is 29.2 Å². The Hall–Kier alpha value is -4.31. The molecule has 2 aliphatic rings. The van der Waals surface area contributed by atoms with Crippen LogP contribution in [0.25, 0.3) is 0 Å². The normalized spacial score (nSPS) is 17.8. The fourth-order valence-electron chi connectivity index (χ4n) is 5.23. The molecule has 0 bridgehead atoms. The van der Waals surface area contributed by atoms with Gasteiger partial charge in [0.2, 0.25) is 5.95 Å². The Morgan fingerprint density at radius 3 is 2.24 bits per heavy atom. The molecule has 0 radical (unpaired) electrons. The topological polar surface area (TPSA) is 83.5 Å². The maximum Gasteiger partial charge on any atom is 0.490 e. The number of rotatable bonds is 5. The van der Waals surface area contributed by atoms with E-state index in [-0.39, 0.29) is 62.2 Å². The number of carbonyl (C=O) groups is 1. The van der Waals surface area contributed by atoms with Crippen LogP contribution in [0.5, 0.6) is 0 Å². The van der Waals surface area contributed by atoms with Gasteiger partial charge in [0.1, 0.15) is 17.7 Å². The lowest BCUT2D eigenvalue weighted by atomic mass is 10.1. The number of hydrogen-bond acceptors (Lipinski definition) is 8. The van der Waals surface area contributed by atoms with E-state index < -0.39 is 41.7 Å². The van der Waals surface area contributed by atoms with E-state index >= 15 is 0 Å². The highest BCUT2D eigenvalue weighted by molar-refractivity contribution is 5.75. The quantitative estimate of drug-likeness (QED) is 0.254. The third kappa shape index (κ3) is 7.50. The monoisotopic (exact) mass is 648 g/mol. The van der Waals surface area contributed by atoms with Crippen LogP contribution in [0.2, 0.25) is 0 Å². The molecule has 2 aromatic heterocycles. The third-order valence-electron chi connectivity index (χ3n) is 7.36. The van der Waals surface area contributed by atoms with Crippen molar-refractivity contribution in [3.63, 3.8) is 0 Å². The Kier molecular flexibility index (Phi) is 8.72. The van der Waals surface area contributed by atoms with Crippen molar-refractivity contribution in [3.8, 4) is 0 Å². The fraction of sp³-hybridized carbons (Fsp3) is 0.429. The molecule has 242 valence electrons. The lowest BCUT2D eigenvalue weighted by Gasteiger charge is -2.33. The van der Waals surface area contributed by atoms with Crippen molar-refractivity contribution in [2.75, 3.05) is 41.3 Å². The SMILES string of the molecule is O=C(O[C@H]1CCCN(c2nc3c(c(Nc4ccc(C(F)(F)F)cc4)n2)CCN(c2ncccc2C(F)(F)F)CC3)C1)C(F)(F)F. The van der Waals surface area contributed by atoms with E-state index in [0.29, 0.717) is 24.2 Å². The lowest BCUT2D eigenvalue weighted by molar-refractivity contribution is -0.205. The number of carbonyl (C=O) groups excluding carboxylic acids is 1. The van der Waals surface area contributed by atoms with Gasteiger partial charge in [-0.2, -0.15) is 44.5 Å². The maximum atomic E-state index is 13.7. The molecule has 1 atom stereocenters. The van der Waals surface area contributed by atoms with Crippen molar-refractivity contribution in [1.82, 2.24) is 15.0 Å². The van der Waals surface area contributed by atoms with Gasteiger partial charge < -0.3 is 19.9 Å². The molecular weight excluding hydrogens is 623 g/mol. The highest BCUT2D eigenvalue weighted by atomic mass is 19.4. The van der Waals surface area contributed by atoms with Crippen molar-refractivity contribution in [2.45, 2.75) is 50.3 Å². The van der Waals surface area contributed by atoms with Gasteiger partial charge in [0.15, 0.2) is 0 Å². The zero-order valence-electron chi connectivity index (χ0n) is 23.2. The van der Waals surface area contributed by atoms with E-state index in [4.69, 9.17) is 0 Å². The standard InChI is InChI=1S/C28H25F9N6O2/c29-26(30,31)16-5-7-17(8-6-16)39-22-19-9-13-42(23-20(27(32,33)34)4-1-11-38-23)14-10-21(19)40-25(41-22)43-12-2-3-18(15-43)45-24(44)28(35,36)37/h1,4-8,11,18H,2-3,9-10,12-15H2,(H,39,40,41)/t18-/m0/s1. The number of nitrogens with zero attached hydrogens (tertiary/aromatic N) is 5. The van der Waals surface area contributed by atoms with E-state index in [2.05, 4.69) is 25.0 Å². The Balaban J connectivity index is 1.47. The average molecular weight is 649 g/mol. The van der Waals surface area contributed by atoms with Gasteiger partial charge in [-0.3, -0.25) is 0 Å². The number of alkyl halides is 9. The van der Waals surface area contributed by atoms with Crippen LogP contribution in [-0.4, -0.2) is 59.4 Å². The molecule has 45 heavy (non-hydrogen) atoms. The summed E-state index contributed by atoms with van der Waals surface area (Å²) in [6, 6.07) is 6.23. The maximum absolute atomic E-state index is 13.7. The molecule has 1 fully saturated rings. The molecule has 0 aliphatic carbocycles. The number of ether oxygens (including phenoxy) is 1. The molecule has 4 heterocycles. The van der Waals surface area contributed by atoms with Crippen LogP contribution >= 0.6 is 0 Å². The van der Waals surface area contributed by atoms with Gasteiger partial charge in [0, 0.05) is 43.5 Å². The molecule has 1 saturated heterocycles. The van der Waals surface area contributed by atoms with Gasteiger partial charge in [-0.25, -0.2) is 14.8 Å². The van der Waals surface area contributed by atoms with E-state index in [1.54, 1.807) is 0 Å². The molecule has 17 heteroatoms. The Morgan fingerprint density at radius 2 is 1.58 bits per heavy atom. The zero-order valence-corrected chi connectivity index (χ0v) is 23.2. The van der Waals surface area contributed by atoms with Gasteiger partial charge >= 0.3 is 24.5 Å². The molecule has 8 nitrogen and oxygen atoms in total. The minimum atomic E-state index is -5.17. The molecule has 5 rings (SSSR count). The van der Waals surface area contributed by atoms with E-state index in [0.717, 1.165) is 18.2 Å². The third-order valence-corrected chi connectivity index (χ3v) is 7.36. The number of anilines is 4. The van der Waals surface area contributed by atoms with Crippen LogP contribution in [0.4, 0.5) is 62.8 Å². The molecule has 0 unspecified atom stereocenters. The number of hydrogen-bond donors (Lipinski definition) is 1. The number of piperidine rings is 1. The molecule has 0 amide bonds. The van der Waals surface area contributed by atoms with Crippen LogP contribution < -0.4 is 15.1 Å². The first-order valence-electron chi connectivity index (χ1n) is 13.7. The summed E-state index contributed by atoms with van der Waals surface area (Å²) in [5, 5.41) is 2.98. The Morgan fingerprint density at radius 1 is 0.867 bits per heavy atom. The second-order valence-corrected chi connectivity index (χ2v) is 10.5. The minimum Gasteiger partial charge on any atom is -0.454 e. The highest BCUT2D eigenvalue weighted by Crippen LogP contribution is 2.37. The number of pyridine rings is 1. The van der Waals surface area contributed by atoms with Crippen LogP contribution in [-0.2, 0) is 34.7 Å². The van der Waals surface area contributed by atoms with Gasteiger partial charge in [-0.1, -0.05) is 0 Å². The number of esters is 1. The number of aromatic nitrogens is 3. The number of halogens is 9. The van der Waals surface area contributed by atoms with Crippen molar-refractivity contribution in [2.24, 2.45) is 0 Å². The van der Waals surface area contributed by atoms with E-state index in [1.807, 2.05) is 0 Å². The molecular formula is C28H25F9N6O2. The first-order valence-corrected chi connectivity index (χ1v) is 13.7. The summed E-state index contributed by atoms with van der Waals surface area (Å²) in [6.45, 7) is 0.300. The zero-order chi connectivity index (χ0) is 32.6. The highest BCUT2D eigenvalue weighted by Gasteiger charge is 2.43. The van der Waals surface area contributed by atoms with Crippen LogP contribution in [0, 0.1) is 0 Å². The number of nitrogens with one attached hydrogen (secondary N) is 1. The van der Waals surface area contributed by atoms with Gasteiger partial charge in [-0.05, 0) is 55.7 Å². The first-order chi connectivity index (χ1) is 21.1. The minimum absolute atomic E-state index is 0.0539. The molecule has 3 aromatic rings.